The zero-order chi connectivity index (χ0) is 14.4. The van der Waals surface area contributed by atoms with Gasteiger partial charge in [-0.05, 0) is 30.7 Å². The van der Waals surface area contributed by atoms with Crippen LogP contribution in [0.2, 0.25) is 0 Å². The minimum atomic E-state index is -0.115. The van der Waals surface area contributed by atoms with Crippen LogP contribution in [0.15, 0.2) is 41.0 Å². The molecule has 0 saturated carbocycles. The van der Waals surface area contributed by atoms with Crippen LogP contribution in [0.1, 0.15) is 34.2 Å². The molecule has 2 rings (SSSR count). The molecule has 0 aliphatic heterocycles. The predicted octanol–water partition coefficient (Wildman–Crippen LogP) is 2.49. The van der Waals surface area contributed by atoms with Gasteiger partial charge in [0, 0.05) is 6.54 Å². The van der Waals surface area contributed by atoms with Gasteiger partial charge >= 0.3 is 0 Å². The Morgan fingerprint density at radius 3 is 2.50 bits per heavy atom. The zero-order valence-corrected chi connectivity index (χ0v) is 11.9. The molecule has 0 unspecified atom stereocenters. The topological polar surface area (TPSA) is 54.3 Å². The van der Waals surface area contributed by atoms with Gasteiger partial charge in [-0.1, -0.05) is 31.2 Å². The molecule has 106 valence electrons. The summed E-state index contributed by atoms with van der Waals surface area (Å²) in [5.74, 6) is 0.639. The van der Waals surface area contributed by atoms with E-state index < -0.39 is 0 Å². The van der Waals surface area contributed by atoms with Gasteiger partial charge in [-0.3, -0.25) is 4.79 Å². The normalized spacial score (nSPS) is 10.5. The molecular weight excluding hydrogens is 252 g/mol. The third-order valence-corrected chi connectivity index (χ3v) is 3.15. The van der Waals surface area contributed by atoms with Crippen LogP contribution >= 0.6 is 0 Å². The van der Waals surface area contributed by atoms with E-state index in [2.05, 4.69) is 29.7 Å². The standard InChI is InChI=1S/C16H20N2O2/c1-3-12-4-6-13(7-5-12)9-18-16(19)14-8-15(10-17-2)20-11-14/h4-8,11,17H,3,9-10H2,1-2H3,(H,18,19). The molecule has 1 amide bonds. The Morgan fingerprint density at radius 1 is 1.15 bits per heavy atom. The molecule has 0 aliphatic rings. The summed E-state index contributed by atoms with van der Waals surface area (Å²) in [6.45, 7) is 3.26. The Labute approximate surface area is 119 Å². The van der Waals surface area contributed by atoms with Crippen LogP contribution in [0.3, 0.4) is 0 Å². The molecule has 1 heterocycles. The summed E-state index contributed by atoms with van der Waals surface area (Å²) in [6.07, 6.45) is 2.51. The molecule has 2 N–H and O–H groups in total. The molecule has 0 radical (unpaired) electrons. The molecule has 4 nitrogen and oxygen atoms in total. The Kier molecular flexibility index (Phi) is 4.96. The summed E-state index contributed by atoms with van der Waals surface area (Å²) in [6, 6.07) is 10.0. The molecule has 0 bridgehead atoms. The van der Waals surface area contributed by atoms with Crippen LogP contribution in [0.25, 0.3) is 0 Å². The van der Waals surface area contributed by atoms with E-state index in [-0.39, 0.29) is 5.91 Å². The summed E-state index contributed by atoms with van der Waals surface area (Å²) in [7, 11) is 1.84. The molecule has 1 aromatic carbocycles. The number of hydrogen-bond donors (Lipinski definition) is 2. The lowest BCUT2D eigenvalue weighted by molar-refractivity contribution is 0.0950. The molecule has 0 aliphatic carbocycles. The van der Waals surface area contributed by atoms with Crippen molar-refractivity contribution in [3.63, 3.8) is 0 Å². The lowest BCUT2D eigenvalue weighted by Gasteiger charge is -2.04. The maximum absolute atomic E-state index is 12.0. The van der Waals surface area contributed by atoms with Gasteiger partial charge < -0.3 is 15.1 Å². The minimum absolute atomic E-state index is 0.115. The van der Waals surface area contributed by atoms with Crippen molar-refractivity contribution in [1.82, 2.24) is 10.6 Å². The first-order chi connectivity index (χ1) is 9.72. The zero-order valence-electron chi connectivity index (χ0n) is 11.9. The molecule has 0 spiro atoms. The van der Waals surface area contributed by atoms with E-state index in [9.17, 15) is 4.79 Å². The fourth-order valence-electron chi connectivity index (χ4n) is 1.94. The lowest BCUT2D eigenvalue weighted by Crippen LogP contribution is -2.22. The second-order valence-electron chi connectivity index (χ2n) is 4.68. The first kappa shape index (κ1) is 14.3. The number of carbonyl (C=O) groups excluding carboxylic acids is 1. The summed E-state index contributed by atoms with van der Waals surface area (Å²) in [4.78, 5) is 12.0. The van der Waals surface area contributed by atoms with Gasteiger partial charge in [-0.15, -0.1) is 0 Å². The van der Waals surface area contributed by atoms with Crippen molar-refractivity contribution in [3.05, 3.63) is 59.0 Å². The van der Waals surface area contributed by atoms with Crippen LogP contribution in [0.4, 0.5) is 0 Å². The summed E-state index contributed by atoms with van der Waals surface area (Å²) in [5, 5.41) is 5.87. The van der Waals surface area contributed by atoms with E-state index in [0.29, 0.717) is 18.7 Å². The van der Waals surface area contributed by atoms with Crippen molar-refractivity contribution in [2.45, 2.75) is 26.4 Å². The third kappa shape index (κ3) is 3.71. The molecule has 1 aromatic heterocycles. The van der Waals surface area contributed by atoms with E-state index in [1.165, 1.54) is 11.8 Å². The number of benzene rings is 1. The van der Waals surface area contributed by atoms with Crippen LogP contribution < -0.4 is 10.6 Å². The smallest absolute Gasteiger partial charge is 0.254 e. The minimum Gasteiger partial charge on any atom is -0.467 e. The molecule has 2 aromatic rings. The number of rotatable bonds is 6. The number of furan rings is 1. The number of hydrogen-bond acceptors (Lipinski definition) is 3. The summed E-state index contributed by atoms with van der Waals surface area (Å²) >= 11 is 0. The van der Waals surface area contributed by atoms with Gasteiger partial charge in [0.05, 0.1) is 12.1 Å². The fraction of sp³-hybridized carbons (Fsp3) is 0.312. The SMILES string of the molecule is CCc1ccc(CNC(=O)c2coc(CNC)c2)cc1. The highest BCUT2D eigenvalue weighted by molar-refractivity contribution is 5.93. The van der Waals surface area contributed by atoms with Crippen molar-refractivity contribution in [1.29, 1.82) is 0 Å². The summed E-state index contributed by atoms with van der Waals surface area (Å²) < 4.78 is 5.29. The molecule has 0 saturated heterocycles. The number of nitrogens with one attached hydrogen (secondary N) is 2. The Balaban J connectivity index is 1.90. The molecule has 20 heavy (non-hydrogen) atoms. The molecule has 0 atom stereocenters. The lowest BCUT2D eigenvalue weighted by atomic mass is 10.1. The Morgan fingerprint density at radius 2 is 1.85 bits per heavy atom. The molecule has 0 fully saturated rings. The Bertz CT molecular complexity index is 558. The van der Waals surface area contributed by atoms with Crippen LogP contribution in [-0.2, 0) is 19.5 Å². The van der Waals surface area contributed by atoms with Crippen molar-refractivity contribution in [3.8, 4) is 0 Å². The largest absolute Gasteiger partial charge is 0.467 e. The van der Waals surface area contributed by atoms with Gasteiger partial charge in [-0.2, -0.15) is 0 Å². The van der Waals surface area contributed by atoms with E-state index >= 15 is 0 Å². The van der Waals surface area contributed by atoms with Crippen LogP contribution in [-0.4, -0.2) is 13.0 Å². The van der Waals surface area contributed by atoms with Gasteiger partial charge in [0.25, 0.3) is 5.91 Å². The number of aryl methyl sites for hydroxylation is 1. The van der Waals surface area contributed by atoms with Crippen molar-refractivity contribution >= 4 is 5.91 Å². The number of carbonyl (C=O) groups is 1. The maximum Gasteiger partial charge on any atom is 0.254 e. The average molecular weight is 272 g/mol. The second-order valence-corrected chi connectivity index (χ2v) is 4.68. The van der Waals surface area contributed by atoms with E-state index in [0.717, 1.165) is 17.7 Å². The van der Waals surface area contributed by atoms with E-state index in [1.54, 1.807) is 6.07 Å². The van der Waals surface area contributed by atoms with Gasteiger partial charge in [-0.25, -0.2) is 0 Å². The van der Waals surface area contributed by atoms with E-state index in [4.69, 9.17) is 4.42 Å². The average Bonchev–Trinajstić information content (AvgIpc) is 2.94. The highest BCUT2D eigenvalue weighted by Gasteiger charge is 2.09. The van der Waals surface area contributed by atoms with Crippen LogP contribution in [0.5, 0.6) is 0 Å². The quantitative estimate of drug-likeness (QED) is 0.849. The first-order valence-corrected chi connectivity index (χ1v) is 6.81. The molecular formula is C16H20N2O2. The second kappa shape index (κ2) is 6.91. The monoisotopic (exact) mass is 272 g/mol. The highest BCUT2D eigenvalue weighted by Crippen LogP contribution is 2.09. The third-order valence-electron chi connectivity index (χ3n) is 3.15. The van der Waals surface area contributed by atoms with Gasteiger partial charge in [0.2, 0.25) is 0 Å². The highest BCUT2D eigenvalue weighted by atomic mass is 16.3. The van der Waals surface area contributed by atoms with Gasteiger partial charge in [0.15, 0.2) is 0 Å². The van der Waals surface area contributed by atoms with Crippen molar-refractivity contribution < 1.29 is 9.21 Å². The molecule has 4 heteroatoms. The van der Waals surface area contributed by atoms with Crippen LogP contribution in [0, 0.1) is 0 Å². The summed E-state index contributed by atoms with van der Waals surface area (Å²) in [5.41, 5.74) is 2.95. The fourth-order valence-corrected chi connectivity index (χ4v) is 1.94. The predicted molar refractivity (Wildman–Crippen MR) is 78.5 cm³/mol. The van der Waals surface area contributed by atoms with Crippen molar-refractivity contribution in [2.24, 2.45) is 0 Å². The number of amides is 1. The Hall–Kier alpha value is -2.07. The van der Waals surface area contributed by atoms with Gasteiger partial charge in [0.1, 0.15) is 12.0 Å². The first-order valence-electron chi connectivity index (χ1n) is 6.81. The van der Waals surface area contributed by atoms with E-state index in [1.807, 2.05) is 19.2 Å². The maximum atomic E-state index is 12.0. The van der Waals surface area contributed by atoms with Crippen molar-refractivity contribution in [2.75, 3.05) is 7.05 Å².